The lowest BCUT2D eigenvalue weighted by Gasteiger charge is -2.20. The first-order valence-corrected chi connectivity index (χ1v) is 11.2. The first-order valence-electron chi connectivity index (χ1n) is 11.2. The summed E-state index contributed by atoms with van der Waals surface area (Å²) >= 11 is 0. The van der Waals surface area contributed by atoms with Gasteiger partial charge >= 0.3 is 0 Å². The fraction of sp³-hybridized carbons (Fsp3) is 0.400. The van der Waals surface area contributed by atoms with E-state index in [1.54, 1.807) is 13.8 Å². The lowest BCUT2D eigenvalue weighted by atomic mass is 10.0. The molecule has 0 amide bonds. The molecular formula is C25H31N5O3. The van der Waals surface area contributed by atoms with Crippen LogP contribution >= 0.6 is 0 Å². The van der Waals surface area contributed by atoms with Gasteiger partial charge in [0, 0.05) is 36.6 Å². The maximum atomic E-state index is 10.6. The topological polar surface area (TPSA) is 108 Å². The van der Waals surface area contributed by atoms with E-state index < -0.39 is 5.60 Å². The number of ether oxygens (including phenoxy) is 2. The largest absolute Gasteiger partial charge is 0.389 e. The van der Waals surface area contributed by atoms with Gasteiger partial charge in [0.25, 0.3) is 0 Å². The number of nitrogen functional groups attached to an aromatic ring is 1. The number of aromatic nitrogens is 4. The quantitative estimate of drug-likeness (QED) is 0.396. The van der Waals surface area contributed by atoms with Crippen LogP contribution in [-0.4, -0.2) is 43.4 Å². The van der Waals surface area contributed by atoms with Crippen LogP contribution in [0.25, 0.3) is 33.1 Å². The van der Waals surface area contributed by atoms with Gasteiger partial charge in [0.15, 0.2) is 5.82 Å². The number of anilines is 1. The van der Waals surface area contributed by atoms with Crippen molar-refractivity contribution in [3.05, 3.63) is 48.0 Å². The maximum Gasteiger partial charge on any atom is 0.152 e. The molecule has 4 aromatic rings. The third-order valence-electron chi connectivity index (χ3n) is 5.36. The third-order valence-corrected chi connectivity index (χ3v) is 5.36. The number of aliphatic hydroxyl groups is 1. The van der Waals surface area contributed by atoms with Crippen molar-refractivity contribution < 1.29 is 14.6 Å². The van der Waals surface area contributed by atoms with E-state index in [2.05, 4.69) is 16.0 Å². The summed E-state index contributed by atoms with van der Waals surface area (Å²) in [7, 11) is 0. The molecule has 0 bridgehead atoms. The van der Waals surface area contributed by atoms with Crippen LogP contribution in [0.4, 0.5) is 5.82 Å². The Morgan fingerprint density at radius 2 is 1.76 bits per heavy atom. The summed E-state index contributed by atoms with van der Waals surface area (Å²) in [4.78, 5) is 13.7. The zero-order chi connectivity index (χ0) is 23.6. The average Bonchev–Trinajstić information content (AvgIpc) is 3.13. The average molecular weight is 450 g/mol. The number of nitrogens with two attached hydrogens (primary N) is 1. The minimum Gasteiger partial charge on any atom is -0.389 e. The molecule has 8 heteroatoms. The predicted molar refractivity (Wildman–Crippen MR) is 130 cm³/mol. The van der Waals surface area contributed by atoms with E-state index in [1.807, 2.05) is 49.0 Å². The Morgan fingerprint density at radius 3 is 2.48 bits per heavy atom. The molecule has 0 unspecified atom stereocenters. The highest BCUT2D eigenvalue weighted by Gasteiger charge is 2.22. The van der Waals surface area contributed by atoms with E-state index >= 15 is 0 Å². The van der Waals surface area contributed by atoms with Gasteiger partial charge in [-0.05, 0) is 51.0 Å². The first-order chi connectivity index (χ1) is 15.8. The van der Waals surface area contributed by atoms with Gasteiger partial charge in [0.1, 0.15) is 17.9 Å². The van der Waals surface area contributed by atoms with Crippen molar-refractivity contribution in [1.29, 1.82) is 0 Å². The number of hydrogen-bond acceptors (Lipinski definition) is 7. The second kappa shape index (κ2) is 9.43. The Morgan fingerprint density at radius 1 is 1.00 bits per heavy atom. The van der Waals surface area contributed by atoms with Crippen LogP contribution < -0.4 is 5.73 Å². The SMILES string of the molecule is CCOCc1cncc(-c2ccc3c(c2)nc(N)c2nc(COCC)n(CC(C)(C)O)c23)c1. The highest BCUT2D eigenvalue weighted by Crippen LogP contribution is 2.33. The van der Waals surface area contributed by atoms with Crippen molar-refractivity contribution in [2.24, 2.45) is 0 Å². The molecule has 0 saturated heterocycles. The molecule has 3 N–H and O–H groups in total. The molecule has 0 atom stereocenters. The summed E-state index contributed by atoms with van der Waals surface area (Å²) in [5, 5.41) is 11.5. The Hall–Kier alpha value is -3.07. The highest BCUT2D eigenvalue weighted by atomic mass is 16.5. The molecule has 1 aromatic carbocycles. The van der Waals surface area contributed by atoms with Gasteiger partial charge in [0.2, 0.25) is 0 Å². The molecule has 0 radical (unpaired) electrons. The van der Waals surface area contributed by atoms with Crippen LogP contribution in [0.2, 0.25) is 0 Å². The van der Waals surface area contributed by atoms with Gasteiger partial charge in [-0.3, -0.25) is 4.98 Å². The molecule has 8 nitrogen and oxygen atoms in total. The lowest BCUT2D eigenvalue weighted by molar-refractivity contribution is 0.0582. The summed E-state index contributed by atoms with van der Waals surface area (Å²) in [6, 6.07) is 8.16. The zero-order valence-corrected chi connectivity index (χ0v) is 19.6. The second-order valence-corrected chi connectivity index (χ2v) is 8.71. The lowest BCUT2D eigenvalue weighted by Crippen LogP contribution is -2.27. The fourth-order valence-electron chi connectivity index (χ4n) is 3.94. The van der Waals surface area contributed by atoms with E-state index in [-0.39, 0.29) is 0 Å². The van der Waals surface area contributed by atoms with E-state index in [4.69, 9.17) is 20.2 Å². The van der Waals surface area contributed by atoms with E-state index in [0.717, 1.165) is 33.1 Å². The summed E-state index contributed by atoms with van der Waals surface area (Å²) in [5.41, 5.74) is 10.6. The molecule has 0 fully saturated rings. The summed E-state index contributed by atoms with van der Waals surface area (Å²) < 4.78 is 13.1. The maximum absolute atomic E-state index is 10.6. The van der Waals surface area contributed by atoms with Gasteiger partial charge in [0.05, 0.1) is 29.8 Å². The van der Waals surface area contributed by atoms with Crippen molar-refractivity contribution in [3.8, 4) is 11.1 Å². The summed E-state index contributed by atoms with van der Waals surface area (Å²) in [6.45, 7) is 9.90. The standard InChI is InChI=1S/C25H31N5O3/c1-5-32-13-16-9-18(12-27-11-16)17-7-8-19-20(10-17)28-24(26)22-23(19)30(15-25(3,4)31)21(29-22)14-33-6-2/h7-12,31H,5-6,13-15H2,1-4H3,(H2,26,28). The van der Waals surface area contributed by atoms with E-state index in [9.17, 15) is 5.11 Å². The van der Waals surface area contributed by atoms with Crippen LogP contribution in [0.15, 0.2) is 36.7 Å². The normalized spacial score (nSPS) is 12.2. The van der Waals surface area contributed by atoms with Crippen molar-refractivity contribution in [3.63, 3.8) is 0 Å². The van der Waals surface area contributed by atoms with Gasteiger partial charge in [-0.1, -0.05) is 12.1 Å². The fourth-order valence-corrected chi connectivity index (χ4v) is 3.94. The van der Waals surface area contributed by atoms with E-state index in [1.165, 1.54) is 0 Å². The Labute approximate surface area is 193 Å². The smallest absolute Gasteiger partial charge is 0.152 e. The van der Waals surface area contributed by atoms with Crippen LogP contribution in [-0.2, 0) is 29.2 Å². The molecule has 3 aromatic heterocycles. The van der Waals surface area contributed by atoms with Gasteiger partial charge in [-0.25, -0.2) is 9.97 Å². The van der Waals surface area contributed by atoms with Crippen LogP contribution in [0.1, 0.15) is 39.1 Å². The molecule has 174 valence electrons. The number of hydrogen-bond donors (Lipinski definition) is 2. The highest BCUT2D eigenvalue weighted by molar-refractivity contribution is 6.07. The molecule has 0 spiro atoms. The Kier molecular flexibility index (Phi) is 6.60. The van der Waals surface area contributed by atoms with Crippen LogP contribution in [0.5, 0.6) is 0 Å². The van der Waals surface area contributed by atoms with Crippen molar-refractivity contribution in [2.75, 3.05) is 18.9 Å². The molecular weight excluding hydrogens is 418 g/mol. The molecule has 0 aliphatic carbocycles. The van der Waals surface area contributed by atoms with Crippen LogP contribution in [0, 0.1) is 0 Å². The Bertz CT molecular complexity index is 1280. The monoisotopic (exact) mass is 449 g/mol. The molecule has 0 aliphatic rings. The first kappa shape index (κ1) is 23.1. The van der Waals surface area contributed by atoms with Gasteiger partial charge < -0.3 is 24.9 Å². The number of pyridine rings is 2. The molecule has 0 aliphatic heterocycles. The zero-order valence-electron chi connectivity index (χ0n) is 19.6. The Balaban J connectivity index is 1.86. The summed E-state index contributed by atoms with van der Waals surface area (Å²) in [5.74, 6) is 1.07. The van der Waals surface area contributed by atoms with Crippen LogP contribution in [0.3, 0.4) is 0 Å². The molecule has 33 heavy (non-hydrogen) atoms. The minimum atomic E-state index is -0.939. The number of benzene rings is 1. The molecule has 0 saturated carbocycles. The second-order valence-electron chi connectivity index (χ2n) is 8.71. The van der Waals surface area contributed by atoms with Crippen molar-refractivity contribution >= 4 is 27.8 Å². The van der Waals surface area contributed by atoms with Gasteiger partial charge in [-0.15, -0.1) is 0 Å². The van der Waals surface area contributed by atoms with Gasteiger partial charge in [-0.2, -0.15) is 0 Å². The third kappa shape index (κ3) is 4.98. The molecule has 4 rings (SSSR count). The number of rotatable bonds is 9. The number of imidazole rings is 1. The number of nitrogens with zero attached hydrogens (tertiary/aromatic N) is 4. The van der Waals surface area contributed by atoms with Crippen molar-refractivity contribution in [2.45, 2.75) is 53.1 Å². The van der Waals surface area contributed by atoms with E-state index in [0.29, 0.717) is 50.1 Å². The molecule has 3 heterocycles. The minimum absolute atomic E-state index is 0.332. The summed E-state index contributed by atoms with van der Waals surface area (Å²) in [6.07, 6.45) is 3.65. The van der Waals surface area contributed by atoms with Crippen molar-refractivity contribution in [1.82, 2.24) is 19.5 Å². The number of fused-ring (bicyclic) bond motifs is 3. The predicted octanol–water partition coefficient (Wildman–Crippen LogP) is 4.07.